The van der Waals surface area contributed by atoms with Crippen LogP contribution in [0.1, 0.15) is 36.5 Å². The monoisotopic (exact) mass is 326 g/mol. The molecule has 0 radical (unpaired) electrons. The second-order valence-electron chi connectivity index (χ2n) is 6.38. The van der Waals surface area contributed by atoms with Gasteiger partial charge in [-0.25, -0.2) is 0 Å². The van der Waals surface area contributed by atoms with Gasteiger partial charge in [-0.2, -0.15) is 0 Å². The van der Waals surface area contributed by atoms with Gasteiger partial charge in [0.05, 0.1) is 10.8 Å². The Morgan fingerprint density at radius 2 is 1.71 bits per heavy atom. The number of nitro groups is 1. The van der Waals surface area contributed by atoms with Crippen molar-refractivity contribution in [2.75, 3.05) is 5.32 Å². The van der Waals surface area contributed by atoms with Gasteiger partial charge in [-0.3, -0.25) is 14.9 Å². The molecule has 0 spiro atoms. The summed E-state index contributed by atoms with van der Waals surface area (Å²) in [5.41, 5.74) is 3.68. The molecule has 0 fully saturated rings. The van der Waals surface area contributed by atoms with Crippen LogP contribution < -0.4 is 5.32 Å². The fourth-order valence-electron chi connectivity index (χ4n) is 2.72. The maximum atomic E-state index is 12.8. The largest absolute Gasteiger partial charge is 0.325 e. The molecule has 0 aromatic heterocycles. The first-order valence-electron chi connectivity index (χ1n) is 7.92. The molecule has 24 heavy (non-hydrogen) atoms. The molecule has 1 unspecified atom stereocenters. The Morgan fingerprint density at radius 1 is 1.08 bits per heavy atom. The Labute approximate surface area is 141 Å². The van der Waals surface area contributed by atoms with Crippen LogP contribution >= 0.6 is 0 Å². The lowest BCUT2D eigenvalue weighted by Gasteiger charge is -2.21. The van der Waals surface area contributed by atoms with Gasteiger partial charge in [0.1, 0.15) is 0 Å². The van der Waals surface area contributed by atoms with Crippen LogP contribution in [-0.4, -0.2) is 10.8 Å². The van der Waals surface area contributed by atoms with Crippen molar-refractivity contribution in [2.45, 2.75) is 33.6 Å². The van der Waals surface area contributed by atoms with Gasteiger partial charge in [0.25, 0.3) is 5.69 Å². The molecule has 0 saturated carbocycles. The fraction of sp³-hybridized carbons (Fsp3) is 0.316. The number of aryl methyl sites for hydroxylation is 2. The molecule has 5 heteroatoms. The predicted molar refractivity (Wildman–Crippen MR) is 95.2 cm³/mol. The Hall–Kier alpha value is -2.69. The minimum absolute atomic E-state index is 0.0243. The highest BCUT2D eigenvalue weighted by molar-refractivity contribution is 5.96. The van der Waals surface area contributed by atoms with Crippen LogP contribution in [0.25, 0.3) is 0 Å². The molecule has 0 aliphatic heterocycles. The topological polar surface area (TPSA) is 72.2 Å². The van der Waals surface area contributed by atoms with Gasteiger partial charge in [-0.15, -0.1) is 0 Å². The van der Waals surface area contributed by atoms with E-state index in [2.05, 4.69) is 5.32 Å². The smallest absolute Gasteiger partial charge is 0.269 e. The van der Waals surface area contributed by atoms with Crippen LogP contribution in [0.5, 0.6) is 0 Å². The summed E-state index contributed by atoms with van der Waals surface area (Å²) in [6.45, 7) is 7.86. The number of nitro benzene ring substituents is 1. The number of carbonyl (C=O) groups excluding carboxylic acids is 1. The van der Waals surface area contributed by atoms with E-state index in [-0.39, 0.29) is 23.4 Å². The van der Waals surface area contributed by atoms with E-state index in [1.807, 2.05) is 45.9 Å². The van der Waals surface area contributed by atoms with Crippen molar-refractivity contribution in [3.63, 3.8) is 0 Å². The quantitative estimate of drug-likeness (QED) is 0.645. The van der Waals surface area contributed by atoms with Gasteiger partial charge >= 0.3 is 0 Å². The Morgan fingerprint density at radius 3 is 2.25 bits per heavy atom. The zero-order valence-electron chi connectivity index (χ0n) is 14.4. The van der Waals surface area contributed by atoms with Gasteiger partial charge in [0.15, 0.2) is 0 Å². The molecule has 0 saturated heterocycles. The zero-order chi connectivity index (χ0) is 17.9. The highest BCUT2D eigenvalue weighted by Gasteiger charge is 2.25. The SMILES string of the molecule is Cc1ccc(C)c(NC(=O)C(c2ccc([N+](=O)[O-])cc2)C(C)C)c1. The maximum absolute atomic E-state index is 12.8. The number of carbonyl (C=O) groups is 1. The molecule has 1 amide bonds. The number of non-ortho nitro benzene ring substituents is 1. The van der Waals surface area contributed by atoms with Crippen LogP contribution in [0.3, 0.4) is 0 Å². The molecular weight excluding hydrogens is 304 g/mol. The number of nitrogens with zero attached hydrogens (tertiary/aromatic N) is 1. The van der Waals surface area contributed by atoms with Crippen LogP contribution in [0.4, 0.5) is 11.4 Å². The average Bonchev–Trinajstić information content (AvgIpc) is 2.51. The predicted octanol–water partition coefficient (Wildman–Crippen LogP) is 4.59. The minimum Gasteiger partial charge on any atom is -0.325 e. The number of nitrogens with one attached hydrogen (secondary N) is 1. The molecule has 1 N–H and O–H groups in total. The van der Waals surface area contributed by atoms with Crippen LogP contribution in [0, 0.1) is 29.9 Å². The first kappa shape index (κ1) is 17.7. The summed E-state index contributed by atoms with van der Waals surface area (Å²) in [6.07, 6.45) is 0. The van der Waals surface area contributed by atoms with E-state index < -0.39 is 4.92 Å². The standard InChI is InChI=1S/C19H22N2O3/c1-12(2)18(15-7-9-16(10-8-15)21(23)24)19(22)20-17-11-13(3)5-6-14(17)4/h5-12,18H,1-4H3,(H,20,22). The van der Waals surface area contributed by atoms with E-state index >= 15 is 0 Å². The average molecular weight is 326 g/mol. The number of amides is 1. The van der Waals surface area contributed by atoms with Crippen molar-refractivity contribution < 1.29 is 9.72 Å². The number of benzene rings is 2. The third-order valence-corrected chi connectivity index (χ3v) is 4.06. The first-order valence-corrected chi connectivity index (χ1v) is 7.92. The molecule has 2 rings (SSSR count). The van der Waals surface area contributed by atoms with Gasteiger partial charge in [0, 0.05) is 17.8 Å². The summed E-state index contributed by atoms with van der Waals surface area (Å²) in [5, 5.41) is 13.8. The van der Waals surface area contributed by atoms with Crippen LogP contribution in [0.15, 0.2) is 42.5 Å². The summed E-state index contributed by atoms with van der Waals surface area (Å²) < 4.78 is 0. The lowest BCUT2D eigenvalue weighted by molar-refractivity contribution is -0.384. The highest BCUT2D eigenvalue weighted by atomic mass is 16.6. The van der Waals surface area contributed by atoms with E-state index in [4.69, 9.17) is 0 Å². The summed E-state index contributed by atoms with van der Waals surface area (Å²) in [5.74, 6) is -0.408. The number of hydrogen-bond donors (Lipinski definition) is 1. The van der Waals surface area contributed by atoms with Crippen molar-refractivity contribution in [1.82, 2.24) is 0 Å². The third kappa shape index (κ3) is 3.98. The third-order valence-electron chi connectivity index (χ3n) is 4.06. The molecule has 1 atom stereocenters. The van der Waals surface area contributed by atoms with Crippen molar-refractivity contribution in [3.8, 4) is 0 Å². The van der Waals surface area contributed by atoms with Crippen LogP contribution in [0.2, 0.25) is 0 Å². The van der Waals surface area contributed by atoms with Gasteiger partial charge in [-0.05, 0) is 42.5 Å². The van der Waals surface area contributed by atoms with Crippen molar-refractivity contribution >= 4 is 17.3 Å². The lowest BCUT2D eigenvalue weighted by atomic mass is 9.87. The summed E-state index contributed by atoms with van der Waals surface area (Å²) in [7, 11) is 0. The maximum Gasteiger partial charge on any atom is 0.269 e. The van der Waals surface area contributed by atoms with Crippen molar-refractivity contribution in [3.05, 3.63) is 69.3 Å². The minimum atomic E-state index is -0.440. The molecule has 0 aliphatic carbocycles. The van der Waals surface area contributed by atoms with E-state index in [0.29, 0.717) is 0 Å². The second-order valence-corrected chi connectivity index (χ2v) is 6.38. The molecule has 0 heterocycles. The highest BCUT2D eigenvalue weighted by Crippen LogP contribution is 2.28. The summed E-state index contributed by atoms with van der Waals surface area (Å²) in [6, 6.07) is 12.1. The summed E-state index contributed by atoms with van der Waals surface area (Å²) in [4.78, 5) is 23.1. The van der Waals surface area contributed by atoms with E-state index in [9.17, 15) is 14.9 Å². The number of anilines is 1. The number of hydrogen-bond acceptors (Lipinski definition) is 3. The van der Waals surface area contributed by atoms with E-state index in [1.165, 1.54) is 12.1 Å². The molecule has 0 aliphatic rings. The lowest BCUT2D eigenvalue weighted by Crippen LogP contribution is -2.25. The summed E-state index contributed by atoms with van der Waals surface area (Å²) >= 11 is 0. The molecule has 2 aromatic rings. The Kier molecular flexibility index (Phi) is 5.34. The van der Waals surface area contributed by atoms with Crippen molar-refractivity contribution in [2.24, 2.45) is 5.92 Å². The van der Waals surface area contributed by atoms with Crippen molar-refractivity contribution in [1.29, 1.82) is 0 Å². The fourth-order valence-corrected chi connectivity index (χ4v) is 2.72. The molecule has 2 aromatic carbocycles. The normalized spacial score (nSPS) is 12.0. The zero-order valence-corrected chi connectivity index (χ0v) is 14.4. The molecule has 0 bridgehead atoms. The molecule has 126 valence electrons. The van der Waals surface area contributed by atoms with E-state index in [0.717, 1.165) is 22.4 Å². The number of rotatable bonds is 5. The van der Waals surface area contributed by atoms with Gasteiger partial charge in [0.2, 0.25) is 5.91 Å². The first-order chi connectivity index (χ1) is 11.3. The molecule has 5 nitrogen and oxygen atoms in total. The van der Waals surface area contributed by atoms with Gasteiger partial charge < -0.3 is 5.32 Å². The van der Waals surface area contributed by atoms with E-state index in [1.54, 1.807) is 12.1 Å². The second kappa shape index (κ2) is 7.25. The Balaban J connectivity index is 2.28. The molecular formula is C19H22N2O3. The van der Waals surface area contributed by atoms with Crippen LogP contribution in [-0.2, 0) is 4.79 Å². The van der Waals surface area contributed by atoms with Gasteiger partial charge in [-0.1, -0.05) is 38.1 Å². The Bertz CT molecular complexity index is 752.